The molecule has 1 aromatic carbocycles. The van der Waals surface area contributed by atoms with Crippen LogP contribution in [-0.4, -0.2) is 24.1 Å². The van der Waals surface area contributed by atoms with Crippen molar-refractivity contribution in [3.63, 3.8) is 0 Å². The van der Waals surface area contributed by atoms with Gasteiger partial charge in [0.25, 0.3) is 5.91 Å². The van der Waals surface area contributed by atoms with Gasteiger partial charge in [0.2, 0.25) is 0 Å². The van der Waals surface area contributed by atoms with Gasteiger partial charge in [0.15, 0.2) is 0 Å². The van der Waals surface area contributed by atoms with E-state index in [2.05, 4.69) is 10.1 Å². The number of esters is 1. The highest BCUT2D eigenvalue weighted by Crippen LogP contribution is 2.25. The number of ether oxygens (including phenoxy) is 1. The molecule has 0 saturated carbocycles. The van der Waals surface area contributed by atoms with Crippen LogP contribution in [0.25, 0.3) is 0 Å². The SMILES string of the molecule is COC(=O)c1sccc1NC(=O)c1ccccc1O. The summed E-state index contributed by atoms with van der Waals surface area (Å²) in [6, 6.07) is 7.79. The summed E-state index contributed by atoms with van der Waals surface area (Å²) in [6.45, 7) is 0. The zero-order valence-corrected chi connectivity index (χ0v) is 10.9. The number of phenols is 1. The fourth-order valence-corrected chi connectivity index (χ4v) is 2.28. The van der Waals surface area contributed by atoms with Crippen molar-refractivity contribution >= 4 is 28.9 Å². The summed E-state index contributed by atoms with van der Waals surface area (Å²) in [5.41, 5.74) is 0.509. The number of nitrogens with one attached hydrogen (secondary N) is 1. The summed E-state index contributed by atoms with van der Waals surface area (Å²) in [6.07, 6.45) is 0. The molecule has 0 aliphatic rings. The molecule has 0 unspecified atom stereocenters. The summed E-state index contributed by atoms with van der Waals surface area (Å²) in [7, 11) is 1.27. The number of para-hydroxylation sites is 1. The molecular weight excluding hydrogens is 266 g/mol. The van der Waals surface area contributed by atoms with Crippen LogP contribution in [0, 0.1) is 0 Å². The summed E-state index contributed by atoms with van der Waals surface area (Å²) in [4.78, 5) is 23.8. The minimum atomic E-state index is -0.511. The zero-order valence-electron chi connectivity index (χ0n) is 10.0. The second kappa shape index (κ2) is 5.53. The first-order valence-electron chi connectivity index (χ1n) is 5.38. The van der Waals surface area contributed by atoms with Crippen LogP contribution in [0.1, 0.15) is 20.0 Å². The van der Waals surface area contributed by atoms with Gasteiger partial charge >= 0.3 is 5.97 Å². The molecule has 0 fully saturated rings. The third kappa shape index (κ3) is 2.74. The minimum absolute atomic E-state index is 0.116. The Morgan fingerprint density at radius 1 is 1.26 bits per heavy atom. The van der Waals surface area contributed by atoms with Gasteiger partial charge in [0.05, 0.1) is 18.4 Å². The van der Waals surface area contributed by atoms with Crippen molar-refractivity contribution in [2.75, 3.05) is 12.4 Å². The third-order valence-corrected chi connectivity index (χ3v) is 3.33. The summed E-state index contributed by atoms with van der Waals surface area (Å²) >= 11 is 1.17. The highest BCUT2D eigenvalue weighted by molar-refractivity contribution is 7.12. The Hall–Kier alpha value is -2.34. The normalized spacial score (nSPS) is 9.95. The maximum atomic E-state index is 12.0. The van der Waals surface area contributed by atoms with Gasteiger partial charge in [-0.2, -0.15) is 0 Å². The van der Waals surface area contributed by atoms with Crippen LogP contribution < -0.4 is 5.32 Å². The van der Waals surface area contributed by atoms with Crippen LogP contribution >= 0.6 is 11.3 Å². The molecule has 0 aliphatic heterocycles. The van der Waals surface area contributed by atoms with E-state index in [9.17, 15) is 14.7 Å². The van der Waals surface area contributed by atoms with Crippen LogP contribution in [0.15, 0.2) is 35.7 Å². The predicted molar refractivity (Wildman–Crippen MR) is 71.7 cm³/mol. The molecule has 6 heteroatoms. The van der Waals surface area contributed by atoms with Gasteiger partial charge in [0, 0.05) is 0 Å². The van der Waals surface area contributed by atoms with Crippen molar-refractivity contribution in [3.05, 3.63) is 46.2 Å². The van der Waals surface area contributed by atoms with Gasteiger partial charge in [-0.05, 0) is 23.6 Å². The number of phenolic OH excluding ortho intramolecular Hbond substituents is 1. The molecule has 0 spiro atoms. The van der Waals surface area contributed by atoms with Crippen LogP contribution in [0.3, 0.4) is 0 Å². The number of anilines is 1. The highest BCUT2D eigenvalue weighted by Gasteiger charge is 2.17. The summed E-state index contributed by atoms with van der Waals surface area (Å²) in [5, 5.41) is 13.8. The third-order valence-electron chi connectivity index (χ3n) is 2.43. The Labute approximate surface area is 113 Å². The number of hydrogen-bond acceptors (Lipinski definition) is 5. The fourth-order valence-electron chi connectivity index (χ4n) is 1.51. The van der Waals surface area contributed by atoms with E-state index in [-0.39, 0.29) is 11.3 Å². The van der Waals surface area contributed by atoms with Gasteiger partial charge in [-0.25, -0.2) is 4.79 Å². The number of carbonyl (C=O) groups is 2. The lowest BCUT2D eigenvalue weighted by Crippen LogP contribution is -2.14. The standard InChI is InChI=1S/C13H11NO4S/c1-18-13(17)11-9(6-7-19-11)14-12(16)8-4-2-3-5-10(8)15/h2-7,15H,1H3,(H,14,16). The Morgan fingerprint density at radius 3 is 2.68 bits per heavy atom. The lowest BCUT2D eigenvalue weighted by molar-refractivity contribution is 0.0607. The van der Waals surface area contributed by atoms with Crippen molar-refractivity contribution in [1.82, 2.24) is 0 Å². The maximum Gasteiger partial charge on any atom is 0.350 e. The van der Waals surface area contributed by atoms with Crippen molar-refractivity contribution in [2.24, 2.45) is 0 Å². The fraction of sp³-hybridized carbons (Fsp3) is 0.0769. The van der Waals surface area contributed by atoms with Crippen molar-refractivity contribution < 1.29 is 19.4 Å². The molecular formula is C13H11NO4S. The van der Waals surface area contributed by atoms with Crippen molar-refractivity contribution in [2.45, 2.75) is 0 Å². The Morgan fingerprint density at radius 2 is 2.00 bits per heavy atom. The number of thiophene rings is 1. The van der Waals surface area contributed by atoms with E-state index in [0.29, 0.717) is 10.6 Å². The quantitative estimate of drug-likeness (QED) is 0.845. The number of carbonyl (C=O) groups excluding carboxylic acids is 2. The Kier molecular flexibility index (Phi) is 3.82. The van der Waals surface area contributed by atoms with E-state index in [0.717, 1.165) is 0 Å². The molecule has 2 aromatic rings. The highest BCUT2D eigenvalue weighted by atomic mass is 32.1. The maximum absolute atomic E-state index is 12.0. The molecule has 98 valence electrons. The minimum Gasteiger partial charge on any atom is -0.507 e. The molecule has 2 rings (SSSR count). The first-order chi connectivity index (χ1) is 9.13. The van der Waals surface area contributed by atoms with E-state index >= 15 is 0 Å². The smallest absolute Gasteiger partial charge is 0.350 e. The van der Waals surface area contributed by atoms with Gasteiger partial charge in [-0.1, -0.05) is 12.1 Å². The van der Waals surface area contributed by atoms with E-state index < -0.39 is 11.9 Å². The number of benzene rings is 1. The first-order valence-corrected chi connectivity index (χ1v) is 6.26. The molecule has 19 heavy (non-hydrogen) atoms. The number of hydrogen-bond donors (Lipinski definition) is 2. The molecule has 1 amide bonds. The molecule has 1 heterocycles. The molecule has 1 aromatic heterocycles. The van der Waals surface area contributed by atoms with Gasteiger partial charge in [-0.3, -0.25) is 4.79 Å². The second-order valence-electron chi connectivity index (χ2n) is 3.63. The van der Waals surface area contributed by atoms with Gasteiger partial charge < -0.3 is 15.2 Å². The van der Waals surface area contributed by atoms with E-state index in [1.807, 2.05) is 0 Å². The van der Waals surface area contributed by atoms with Crippen molar-refractivity contribution in [3.8, 4) is 5.75 Å². The largest absolute Gasteiger partial charge is 0.507 e. The molecule has 0 atom stereocenters. The monoisotopic (exact) mass is 277 g/mol. The topological polar surface area (TPSA) is 75.6 Å². The molecule has 5 nitrogen and oxygen atoms in total. The Bertz CT molecular complexity index is 621. The van der Waals surface area contributed by atoms with E-state index in [4.69, 9.17) is 0 Å². The van der Waals surface area contributed by atoms with Crippen molar-refractivity contribution in [1.29, 1.82) is 0 Å². The molecule has 0 aliphatic carbocycles. The van der Waals surface area contributed by atoms with Crippen LogP contribution in [0.5, 0.6) is 5.75 Å². The lowest BCUT2D eigenvalue weighted by Gasteiger charge is -2.06. The zero-order chi connectivity index (χ0) is 13.8. The average molecular weight is 277 g/mol. The number of aromatic hydroxyl groups is 1. The van der Waals surface area contributed by atoms with Gasteiger partial charge in [-0.15, -0.1) is 11.3 Å². The summed E-state index contributed by atoms with van der Waals surface area (Å²) in [5.74, 6) is -1.11. The summed E-state index contributed by atoms with van der Waals surface area (Å²) < 4.78 is 4.62. The van der Waals surface area contributed by atoms with Crippen LogP contribution in [0.2, 0.25) is 0 Å². The Balaban J connectivity index is 2.23. The number of rotatable bonds is 3. The number of methoxy groups -OCH3 is 1. The average Bonchev–Trinajstić information content (AvgIpc) is 2.86. The van der Waals surface area contributed by atoms with E-state index in [1.54, 1.807) is 23.6 Å². The van der Waals surface area contributed by atoms with Gasteiger partial charge in [0.1, 0.15) is 10.6 Å². The molecule has 0 saturated heterocycles. The second-order valence-corrected chi connectivity index (χ2v) is 4.54. The van der Waals surface area contributed by atoms with E-state index in [1.165, 1.54) is 30.6 Å². The molecule has 0 bridgehead atoms. The molecule has 2 N–H and O–H groups in total. The first kappa shape index (κ1) is 13.1. The van der Waals surface area contributed by atoms with Crippen LogP contribution in [0.4, 0.5) is 5.69 Å². The lowest BCUT2D eigenvalue weighted by atomic mass is 10.2. The molecule has 0 radical (unpaired) electrons. The van der Waals surface area contributed by atoms with Crippen LogP contribution in [-0.2, 0) is 4.74 Å². The predicted octanol–water partition coefficient (Wildman–Crippen LogP) is 2.49. The number of amides is 1.